The molecule has 0 atom stereocenters. The van der Waals surface area contributed by atoms with Gasteiger partial charge in [-0.2, -0.15) is 13.2 Å². The highest BCUT2D eigenvalue weighted by Gasteiger charge is 2.34. The van der Waals surface area contributed by atoms with Gasteiger partial charge in [-0.15, -0.1) is 0 Å². The summed E-state index contributed by atoms with van der Waals surface area (Å²) < 4.78 is 50.3. The van der Waals surface area contributed by atoms with E-state index in [-0.39, 0.29) is 17.9 Å². The SMILES string of the molecule is C[B]c1ccc(Oc2ccc(C(F)(F)F)c(CC(=O)OCC)c2)c(CBr)c1. The fourth-order valence-electron chi connectivity index (χ4n) is 2.53. The third kappa shape index (κ3) is 5.76. The first-order valence-corrected chi connectivity index (χ1v) is 9.42. The van der Waals surface area contributed by atoms with Crippen LogP contribution in [0.1, 0.15) is 23.6 Å². The molecule has 0 N–H and O–H groups in total. The second kappa shape index (κ2) is 9.31. The van der Waals surface area contributed by atoms with Gasteiger partial charge in [0, 0.05) is 10.9 Å². The molecule has 0 amide bonds. The van der Waals surface area contributed by atoms with Crippen molar-refractivity contribution in [1.29, 1.82) is 0 Å². The molecule has 3 nitrogen and oxygen atoms in total. The average Bonchev–Trinajstić information content (AvgIpc) is 2.61. The summed E-state index contributed by atoms with van der Waals surface area (Å²) in [6, 6.07) is 8.94. The molecule has 0 unspecified atom stereocenters. The van der Waals surface area contributed by atoms with Crippen molar-refractivity contribution in [2.45, 2.75) is 31.7 Å². The van der Waals surface area contributed by atoms with Crippen LogP contribution in [0.5, 0.6) is 11.5 Å². The van der Waals surface area contributed by atoms with Crippen LogP contribution in [0.3, 0.4) is 0 Å². The minimum Gasteiger partial charge on any atom is -0.466 e. The van der Waals surface area contributed by atoms with E-state index < -0.39 is 24.1 Å². The van der Waals surface area contributed by atoms with Crippen LogP contribution in [-0.4, -0.2) is 19.9 Å². The predicted molar refractivity (Wildman–Crippen MR) is 102 cm³/mol. The van der Waals surface area contributed by atoms with E-state index in [1.54, 1.807) is 13.0 Å². The quantitative estimate of drug-likeness (QED) is 0.349. The van der Waals surface area contributed by atoms with Gasteiger partial charge in [0.2, 0.25) is 0 Å². The van der Waals surface area contributed by atoms with Gasteiger partial charge in [-0.25, -0.2) is 0 Å². The number of esters is 1. The summed E-state index contributed by atoms with van der Waals surface area (Å²) in [7, 11) is 1.94. The Morgan fingerprint density at radius 3 is 2.48 bits per heavy atom. The Balaban J connectivity index is 2.37. The van der Waals surface area contributed by atoms with E-state index in [1.807, 2.05) is 26.2 Å². The molecule has 0 aromatic heterocycles. The van der Waals surface area contributed by atoms with Gasteiger partial charge in [0.1, 0.15) is 18.8 Å². The number of halogens is 4. The maximum absolute atomic E-state index is 13.2. The minimum atomic E-state index is -4.57. The highest BCUT2D eigenvalue weighted by molar-refractivity contribution is 9.08. The van der Waals surface area contributed by atoms with Crippen LogP contribution in [0, 0.1) is 0 Å². The molecule has 0 aliphatic heterocycles. The number of hydrogen-bond donors (Lipinski definition) is 0. The fourth-order valence-corrected chi connectivity index (χ4v) is 2.97. The van der Waals surface area contributed by atoms with Gasteiger partial charge in [0.15, 0.2) is 0 Å². The monoisotopic (exact) mass is 441 g/mol. The van der Waals surface area contributed by atoms with Crippen molar-refractivity contribution in [2.75, 3.05) is 6.61 Å². The summed E-state index contributed by atoms with van der Waals surface area (Å²) in [5.41, 5.74) is 0.807. The molecule has 0 aliphatic carbocycles. The van der Waals surface area contributed by atoms with Crippen LogP contribution in [0.4, 0.5) is 13.2 Å². The average molecular weight is 442 g/mol. The Morgan fingerprint density at radius 2 is 1.89 bits per heavy atom. The van der Waals surface area contributed by atoms with Crippen molar-refractivity contribution < 1.29 is 27.4 Å². The molecule has 0 spiro atoms. The van der Waals surface area contributed by atoms with Gasteiger partial charge < -0.3 is 9.47 Å². The second-order valence-corrected chi connectivity index (χ2v) is 6.25. The van der Waals surface area contributed by atoms with Crippen LogP contribution in [0.15, 0.2) is 36.4 Å². The Hall–Kier alpha value is -1.96. The lowest BCUT2D eigenvalue weighted by Gasteiger charge is -2.16. The molecule has 0 bridgehead atoms. The summed E-state index contributed by atoms with van der Waals surface area (Å²) in [4.78, 5) is 11.7. The van der Waals surface area contributed by atoms with Crippen molar-refractivity contribution >= 4 is 34.6 Å². The molecule has 2 aromatic rings. The number of rotatable bonds is 7. The Labute approximate surface area is 165 Å². The third-order valence-electron chi connectivity index (χ3n) is 3.81. The molecule has 0 heterocycles. The zero-order valence-corrected chi connectivity index (χ0v) is 16.5. The van der Waals surface area contributed by atoms with Crippen LogP contribution in [0.25, 0.3) is 0 Å². The summed E-state index contributed by atoms with van der Waals surface area (Å²) >= 11 is 3.38. The number of benzene rings is 2. The highest BCUT2D eigenvalue weighted by atomic mass is 79.9. The fraction of sp³-hybridized carbons (Fsp3) is 0.316. The molecular weight excluding hydrogens is 424 g/mol. The summed E-state index contributed by atoms with van der Waals surface area (Å²) in [5, 5.41) is 0.528. The number of carbonyl (C=O) groups excluding carboxylic acids is 1. The molecular formula is C19H18BBrF3O3. The van der Waals surface area contributed by atoms with Gasteiger partial charge in [-0.05, 0) is 36.8 Å². The lowest BCUT2D eigenvalue weighted by atomic mass is 9.73. The van der Waals surface area contributed by atoms with Crippen LogP contribution in [-0.2, 0) is 27.5 Å². The van der Waals surface area contributed by atoms with Crippen molar-refractivity contribution in [2.24, 2.45) is 0 Å². The van der Waals surface area contributed by atoms with Gasteiger partial charge >= 0.3 is 12.1 Å². The van der Waals surface area contributed by atoms with Gasteiger partial charge in [0.05, 0.1) is 18.6 Å². The van der Waals surface area contributed by atoms with Gasteiger partial charge in [-0.1, -0.05) is 40.3 Å². The topological polar surface area (TPSA) is 35.5 Å². The molecule has 8 heteroatoms. The highest BCUT2D eigenvalue weighted by Crippen LogP contribution is 2.35. The summed E-state index contributed by atoms with van der Waals surface area (Å²) in [5.74, 6) is 0.0289. The van der Waals surface area contributed by atoms with Crippen molar-refractivity contribution in [3.8, 4) is 11.5 Å². The third-order valence-corrected chi connectivity index (χ3v) is 4.42. The maximum Gasteiger partial charge on any atom is 0.416 e. The predicted octanol–water partition coefficient (Wildman–Crippen LogP) is 4.88. The standard InChI is InChI=1S/C19H18BBrF3O3/c1-3-26-18(25)10-12-9-15(5-6-16(12)19(22,23)24)27-17-7-4-14(20-2)8-13(17)11-21/h4-9H,3,10-11H2,1-2H3. The second-order valence-electron chi connectivity index (χ2n) is 5.69. The molecule has 0 fully saturated rings. The van der Waals surface area contributed by atoms with Crippen LogP contribution >= 0.6 is 15.9 Å². The lowest BCUT2D eigenvalue weighted by Crippen LogP contribution is -2.14. The molecule has 143 valence electrons. The molecule has 2 aromatic carbocycles. The maximum atomic E-state index is 13.2. The minimum absolute atomic E-state index is 0.103. The smallest absolute Gasteiger partial charge is 0.416 e. The molecule has 1 radical (unpaired) electrons. The van der Waals surface area contributed by atoms with E-state index in [9.17, 15) is 18.0 Å². The number of ether oxygens (including phenoxy) is 2. The van der Waals surface area contributed by atoms with E-state index in [1.165, 1.54) is 12.1 Å². The van der Waals surface area contributed by atoms with Crippen LogP contribution < -0.4 is 10.2 Å². The lowest BCUT2D eigenvalue weighted by molar-refractivity contribution is -0.143. The van der Waals surface area contributed by atoms with Crippen molar-refractivity contribution in [1.82, 2.24) is 0 Å². The van der Waals surface area contributed by atoms with E-state index in [0.29, 0.717) is 11.1 Å². The zero-order valence-electron chi connectivity index (χ0n) is 14.9. The normalized spacial score (nSPS) is 11.2. The Morgan fingerprint density at radius 1 is 1.15 bits per heavy atom. The summed E-state index contributed by atoms with van der Waals surface area (Å²) in [6.07, 6.45) is -5.05. The van der Waals surface area contributed by atoms with E-state index in [0.717, 1.165) is 17.1 Å². The van der Waals surface area contributed by atoms with Gasteiger partial charge in [0.25, 0.3) is 0 Å². The molecule has 0 saturated carbocycles. The number of hydrogen-bond acceptors (Lipinski definition) is 3. The van der Waals surface area contributed by atoms with E-state index in [4.69, 9.17) is 9.47 Å². The van der Waals surface area contributed by atoms with E-state index >= 15 is 0 Å². The van der Waals surface area contributed by atoms with Crippen molar-refractivity contribution in [3.63, 3.8) is 0 Å². The number of carbonyl (C=O) groups is 1. The van der Waals surface area contributed by atoms with Gasteiger partial charge in [-0.3, -0.25) is 4.79 Å². The Kier molecular flexibility index (Phi) is 7.36. The largest absolute Gasteiger partial charge is 0.466 e. The molecule has 2 rings (SSSR count). The van der Waals surface area contributed by atoms with E-state index in [2.05, 4.69) is 15.9 Å². The first-order chi connectivity index (χ1) is 12.8. The molecule has 27 heavy (non-hydrogen) atoms. The van der Waals surface area contributed by atoms with Crippen LogP contribution in [0.2, 0.25) is 6.82 Å². The first kappa shape index (κ1) is 21.3. The molecule has 0 aliphatic rings. The first-order valence-electron chi connectivity index (χ1n) is 8.30. The number of alkyl halides is 4. The summed E-state index contributed by atoms with van der Waals surface area (Å²) in [6.45, 7) is 3.61. The Bertz CT molecular complexity index is 809. The molecule has 0 saturated heterocycles. The van der Waals surface area contributed by atoms with Crippen molar-refractivity contribution in [3.05, 3.63) is 53.1 Å². The zero-order chi connectivity index (χ0) is 20.0.